The van der Waals surface area contributed by atoms with Crippen LogP contribution in [0.2, 0.25) is 0 Å². The molecule has 0 aliphatic heterocycles. The summed E-state index contributed by atoms with van der Waals surface area (Å²) in [6, 6.07) is 6.78. The van der Waals surface area contributed by atoms with Gasteiger partial charge in [-0.1, -0.05) is 24.3 Å². The van der Waals surface area contributed by atoms with E-state index in [4.69, 9.17) is 0 Å². The minimum absolute atomic E-state index is 0.136. The van der Waals surface area contributed by atoms with Crippen molar-refractivity contribution in [3.05, 3.63) is 48.3 Å². The van der Waals surface area contributed by atoms with Crippen molar-refractivity contribution in [2.24, 2.45) is 0 Å². The van der Waals surface area contributed by atoms with Crippen molar-refractivity contribution in [1.29, 1.82) is 0 Å². The van der Waals surface area contributed by atoms with Gasteiger partial charge in [0.05, 0.1) is 11.3 Å². The zero-order chi connectivity index (χ0) is 18.0. The predicted molar refractivity (Wildman–Crippen MR) is 69.5 cm³/mol. The highest BCUT2D eigenvalue weighted by atomic mass is 19.4. The number of allylic oxidation sites excluding steroid dienone is 2. The maximum Gasteiger partial charge on any atom is 0.382 e. The van der Waals surface area contributed by atoms with Crippen molar-refractivity contribution < 1.29 is 35.1 Å². The third kappa shape index (κ3) is 1.90. The van der Waals surface area contributed by atoms with Crippen LogP contribution in [0.1, 0.15) is 5.69 Å². The van der Waals surface area contributed by atoms with Crippen LogP contribution in [0.4, 0.5) is 35.1 Å². The molecule has 0 fully saturated rings. The number of hydrogen-bond acceptors (Lipinski definition) is 1. The van der Waals surface area contributed by atoms with Crippen LogP contribution in [0.3, 0.4) is 0 Å². The molecule has 0 radical (unpaired) electrons. The first-order valence-corrected chi connectivity index (χ1v) is 6.52. The van der Waals surface area contributed by atoms with Crippen molar-refractivity contribution in [3.63, 3.8) is 0 Å². The Morgan fingerprint density at radius 2 is 1.38 bits per heavy atom. The second-order valence-electron chi connectivity index (χ2n) is 5.28. The molecule has 1 aromatic heterocycles. The molecule has 1 aromatic carbocycles. The molecule has 0 amide bonds. The van der Waals surface area contributed by atoms with Crippen LogP contribution in [0.5, 0.6) is 0 Å². The van der Waals surface area contributed by atoms with Crippen LogP contribution in [-0.2, 0) is 0 Å². The summed E-state index contributed by atoms with van der Waals surface area (Å²) in [7, 11) is 0. The molecule has 1 aliphatic rings. The number of pyridine rings is 1. The highest BCUT2D eigenvalue weighted by Gasteiger charge is 2.83. The van der Waals surface area contributed by atoms with E-state index in [0.717, 1.165) is 6.20 Å². The quantitative estimate of drug-likeness (QED) is 0.645. The average molecular weight is 353 g/mol. The van der Waals surface area contributed by atoms with Gasteiger partial charge in [-0.05, 0) is 11.5 Å². The maximum atomic E-state index is 14.0. The highest BCUT2D eigenvalue weighted by Crippen LogP contribution is 2.61. The Kier molecular flexibility index (Phi) is 3.24. The molecule has 1 heterocycles. The Morgan fingerprint density at radius 1 is 0.750 bits per heavy atom. The summed E-state index contributed by atoms with van der Waals surface area (Å²) in [4.78, 5) is 3.45. The number of aromatic nitrogens is 1. The van der Waals surface area contributed by atoms with Gasteiger partial charge < -0.3 is 0 Å². The van der Waals surface area contributed by atoms with E-state index in [2.05, 4.69) is 4.98 Å². The third-order valence-electron chi connectivity index (χ3n) is 3.80. The Hall–Kier alpha value is -2.19. The summed E-state index contributed by atoms with van der Waals surface area (Å²) >= 11 is 0. The van der Waals surface area contributed by atoms with Crippen molar-refractivity contribution >= 4 is 16.3 Å². The molecule has 0 unspecified atom stereocenters. The van der Waals surface area contributed by atoms with Crippen LogP contribution in [0.15, 0.2) is 42.6 Å². The molecule has 2 aromatic rings. The van der Waals surface area contributed by atoms with Crippen molar-refractivity contribution in [1.82, 2.24) is 4.98 Å². The lowest BCUT2D eigenvalue weighted by atomic mass is 9.83. The molecular weight excluding hydrogens is 346 g/mol. The second kappa shape index (κ2) is 4.67. The zero-order valence-electron chi connectivity index (χ0n) is 11.5. The number of halogens is 8. The van der Waals surface area contributed by atoms with Gasteiger partial charge in [0, 0.05) is 17.7 Å². The Balaban J connectivity index is 2.36. The molecule has 1 nitrogen and oxygen atoms in total. The Bertz CT molecular complexity index is 835. The molecule has 0 spiro atoms. The van der Waals surface area contributed by atoms with Crippen LogP contribution < -0.4 is 0 Å². The van der Waals surface area contributed by atoms with Gasteiger partial charge in [0.15, 0.2) is 0 Å². The lowest BCUT2D eigenvalue weighted by molar-refractivity contribution is -0.348. The molecular formula is C15H7F8N. The van der Waals surface area contributed by atoms with Crippen LogP contribution >= 0.6 is 0 Å². The fourth-order valence-corrected chi connectivity index (χ4v) is 2.49. The second-order valence-corrected chi connectivity index (χ2v) is 5.28. The number of nitrogens with zero attached hydrogens (tertiary/aromatic N) is 1. The number of fused-ring (bicyclic) bond motifs is 1. The third-order valence-corrected chi connectivity index (χ3v) is 3.80. The van der Waals surface area contributed by atoms with Crippen molar-refractivity contribution in [3.8, 4) is 0 Å². The van der Waals surface area contributed by atoms with Crippen molar-refractivity contribution in [2.45, 2.75) is 23.7 Å². The molecule has 24 heavy (non-hydrogen) atoms. The molecule has 0 bridgehead atoms. The van der Waals surface area contributed by atoms with E-state index in [0.29, 0.717) is 0 Å². The highest BCUT2D eigenvalue weighted by molar-refractivity contribution is 5.94. The molecule has 0 N–H and O–H groups in total. The number of alkyl halides is 8. The molecule has 9 heteroatoms. The van der Waals surface area contributed by atoms with Gasteiger partial charge in [0.1, 0.15) is 0 Å². The van der Waals surface area contributed by atoms with Gasteiger partial charge in [0.2, 0.25) is 0 Å². The molecule has 128 valence electrons. The standard InChI is InChI=1S/C15H7F8N/c16-12(17)7-10(13(18,19)15(22,23)14(12,20)21)11-9-4-2-1-3-8(9)5-6-24-11/h1-7H. The summed E-state index contributed by atoms with van der Waals surface area (Å²) in [5.41, 5.74) is -2.83. The molecule has 3 rings (SSSR count). The van der Waals surface area contributed by atoms with Gasteiger partial charge in [-0.3, -0.25) is 4.98 Å². The summed E-state index contributed by atoms with van der Waals surface area (Å²) in [5.74, 6) is -23.5. The summed E-state index contributed by atoms with van der Waals surface area (Å²) < 4.78 is 109. The normalized spacial score (nSPS) is 23.8. The summed E-state index contributed by atoms with van der Waals surface area (Å²) in [6.45, 7) is 0. The minimum Gasteiger partial charge on any atom is -0.256 e. The van der Waals surface area contributed by atoms with Gasteiger partial charge in [-0.2, -0.15) is 35.1 Å². The monoisotopic (exact) mass is 353 g/mol. The average Bonchev–Trinajstić information content (AvgIpc) is 2.50. The van der Waals surface area contributed by atoms with E-state index < -0.39 is 41.0 Å². The Morgan fingerprint density at radius 3 is 2.04 bits per heavy atom. The molecule has 1 aliphatic carbocycles. The SMILES string of the molecule is FC1(F)C=C(c2nccc3ccccc23)C(F)(F)C(F)(F)C1(F)F. The summed E-state index contributed by atoms with van der Waals surface area (Å²) in [6.07, 6.45) is 0.122. The van der Waals surface area contributed by atoms with E-state index in [1.54, 1.807) is 0 Å². The van der Waals surface area contributed by atoms with E-state index in [1.807, 2.05) is 0 Å². The van der Waals surface area contributed by atoms with Crippen molar-refractivity contribution in [2.75, 3.05) is 0 Å². The Labute approximate surface area is 129 Å². The summed E-state index contributed by atoms with van der Waals surface area (Å²) in [5, 5.41) is 0.117. The minimum atomic E-state index is -6.29. The van der Waals surface area contributed by atoms with Gasteiger partial charge in [-0.25, -0.2) is 0 Å². The van der Waals surface area contributed by atoms with E-state index in [9.17, 15) is 35.1 Å². The number of rotatable bonds is 1. The van der Waals surface area contributed by atoms with Crippen LogP contribution in [-0.4, -0.2) is 28.7 Å². The lowest BCUT2D eigenvalue weighted by Crippen LogP contribution is -2.65. The van der Waals surface area contributed by atoms with Gasteiger partial charge >= 0.3 is 23.7 Å². The first-order valence-electron chi connectivity index (χ1n) is 6.52. The topological polar surface area (TPSA) is 12.9 Å². The van der Waals surface area contributed by atoms with Crippen LogP contribution in [0, 0.1) is 0 Å². The largest absolute Gasteiger partial charge is 0.382 e. The number of hydrogen-bond donors (Lipinski definition) is 0. The fraction of sp³-hybridized carbons (Fsp3) is 0.267. The van der Waals surface area contributed by atoms with E-state index >= 15 is 0 Å². The number of benzene rings is 1. The molecule has 0 atom stereocenters. The van der Waals surface area contributed by atoms with E-state index in [-0.39, 0.29) is 10.8 Å². The predicted octanol–water partition coefficient (Wildman–Crippen LogP) is 5.17. The lowest BCUT2D eigenvalue weighted by Gasteiger charge is -2.40. The van der Waals surface area contributed by atoms with E-state index in [1.165, 1.54) is 30.3 Å². The first kappa shape index (κ1) is 16.7. The first-order chi connectivity index (χ1) is 10.9. The maximum absolute atomic E-state index is 14.0. The van der Waals surface area contributed by atoms with Crippen LogP contribution in [0.25, 0.3) is 16.3 Å². The molecule has 0 saturated carbocycles. The van der Waals surface area contributed by atoms with Gasteiger partial charge in [0.25, 0.3) is 0 Å². The fourth-order valence-electron chi connectivity index (χ4n) is 2.49. The molecule has 0 saturated heterocycles. The van der Waals surface area contributed by atoms with Gasteiger partial charge in [-0.15, -0.1) is 0 Å². The smallest absolute Gasteiger partial charge is 0.256 e. The zero-order valence-corrected chi connectivity index (χ0v) is 11.5.